The van der Waals surface area contributed by atoms with Gasteiger partial charge >= 0.3 is 7.12 Å². The largest absolute Gasteiger partial charge is 0.488 e. The van der Waals surface area contributed by atoms with Gasteiger partial charge in [-0.1, -0.05) is 27.6 Å². The number of hydrogen-bond donors (Lipinski definition) is 2. The SMILES string of the molecule is Cc1ccc(Br)cc1B(O)O. The zero-order chi connectivity index (χ0) is 8.43. The molecule has 0 aliphatic rings. The van der Waals surface area contributed by atoms with Gasteiger partial charge in [0.1, 0.15) is 0 Å². The molecule has 0 saturated heterocycles. The Morgan fingerprint density at radius 1 is 1.36 bits per heavy atom. The minimum Gasteiger partial charge on any atom is -0.423 e. The molecule has 1 rings (SSSR count). The maximum atomic E-state index is 8.86. The number of hydrogen-bond acceptors (Lipinski definition) is 2. The Balaban J connectivity index is 3.13. The van der Waals surface area contributed by atoms with Gasteiger partial charge in [0.05, 0.1) is 0 Å². The smallest absolute Gasteiger partial charge is 0.423 e. The van der Waals surface area contributed by atoms with Gasteiger partial charge in [-0.15, -0.1) is 0 Å². The van der Waals surface area contributed by atoms with Crippen molar-refractivity contribution in [1.82, 2.24) is 0 Å². The maximum absolute atomic E-state index is 8.86. The molecule has 0 amide bonds. The zero-order valence-electron chi connectivity index (χ0n) is 6.08. The van der Waals surface area contributed by atoms with E-state index in [-0.39, 0.29) is 0 Å². The van der Waals surface area contributed by atoms with Crippen LogP contribution in [0.3, 0.4) is 0 Å². The summed E-state index contributed by atoms with van der Waals surface area (Å²) < 4.78 is 0.853. The standard InChI is InChI=1S/C7H8BBrO2/c1-5-2-3-6(9)4-7(5)8(10)11/h2-4,10-11H,1H3. The summed E-state index contributed by atoms with van der Waals surface area (Å²) in [5, 5.41) is 17.7. The fourth-order valence-electron chi connectivity index (χ4n) is 0.890. The predicted molar refractivity (Wildman–Crippen MR) is 48.7 cm³/mol. The summed E-state index contributed by atoms with van der Waals surface area (Å²) in [6.45, 7) is 1.83. The van der Waals surface area contributed by atoms with E-state index in [1.165, 1.54) is 0 Å². The summed E-state index contributed by atoms with van der Waals surface area (Å²) in [4.78, 5) is 0. The Morgan fingerprint density at radius 2 is 2.00 bits per heavy atom. The van der Waals surface area contributed by atoms with Crippen LogP contribution in [0.4, 0.5) is 0 Å². The number of benzene rings is 1. The van der Waals surface area contributed by atoms with Crippen molar-refractivity contribution in [3.8, 4) is 0 Å². The normalized spacial score (nSPS) is 9.82. The molecule has 0 saturated carbocycles. The number of halogens is 1. The van der Waals surface area contributed by atoms with Crippen LogP contribution in [-0.4, -0.2) is 17.2 Å². The minimum absolute atomic E-state index is 0.541. The molecule has 2 nitrogen and oxygen atoms in total. The Hall–Kier alpha value is -0.315. The van der Waals surface area contributed by atoms with Crippen LogP contribution in [0, 0.1) is 6.92 Å². The van der Waals surface area contributed by atoms with Crippen LogP contribution in [0.2, 0.25) is 0 Å². The Kier molecular flexibility index (Phi) is 2.70. The first kappa shape index (κ1) is 8.78. The van der Waals surface area contributed by atoms with Crippen molar-refractivity contribution in [3.63, 3.8) is 0 Å². The van der Waals surface area contributed by atoms with Crippen LogP contribution in [0.25, 0.3) is 0 Å². The van der Waals surface area contributed by atoms with Crippen LogP contribution in [0.15, 0.2) is 22.7 Å². The average molecular weight is 215 g/mol. The van der Waals surface area contributed by atoms with Crippen LogP contribution < -0.4 is 5.46 Å². The monoisotopic (exact) mass is 214 g/mol. The summed E-state index contributed by atoms with van der Waals surface area (Å²) in [6.07, 6.45) is 0. The molecule has 0 unspecified atom stereocenters. The first-order valence-electron chi connectivity index (χ1n) is 3.23. The van der Waals surface area contributed by atoms with E-state index in [2.05, 4.69) is 15.9 Å². The molecule has 2 N–H and O–H groups in total. The second-order valence-corrected chi connectivity index (χ2v) is 3.29. The Morgan fingerprint density at radius 3 is 2.45 bits per heavy atom. The van der Waals surface area contributed by atoms with E-state index in [1.807, 2.05) is 19.1 Å². The van der Waals surface area contributed by atoms with Gasteiger partial charge in [-0.2, -0.15) is 0 Å². The molecule has 0 aliphatic heterocycles. The Labute approximate surface area is 74.1 Å². The van der Waals surface area contributed by atoms with E-state index >= 15 is 0 Å². The highest BCUT2D eigenvalue weighted by Crippen LogP contribution is 2.08. The molecule has 4 heteroatoms. The minimum atomic E-state index is -1.38. The maximum Gasteiger partial charge on any atom is 0.488 e. The summed E-state index contributed by atoms with van der Waals surface area (Å²) in [6, 6.07) is 5.39. The molecule has 0 aromatic heterocycles. The second-order valence-electron chi connectivity index (χ2n) is 2.37. The Bertz CT molecular complexity index is 263. The highest BCUT2D eigenvalue weighted by Gasteiger charge is 2.13. The number of rotatable bonds is 1. The molecule has 0 fully saturated rings. The van der Waals surface area contributed by atoms with E-state index in [4.69, 9.17) is 10.0 Å². The molecule has 0 spiro atoms. The average Bonchev–Trinajstić information content (AvgIpc) is 1.94. The van der Waals surface area contributed by atoms with E-state index < -0.39 is 7.12 Å². The van der Waals surface area contributed by atoms with Gasteiger partial charge in [-0.05, 0) is 24.5 Å². The third kappa shape index (κ3) is 2.05. The molecule has 0 radical (unpaired) electrons. The molecule has 0 aliphatic carbocycles. The van der Waals surface area contributed by atoms with Crippen molar-refractivity contribution in [1.29, 1.82) is 0 Å². The van der Waals surface area contributed by atoms with Gasteiger partial charge in [0.15, 0.2) is 0 Å². The second kappa shape index (κ2) is 3.39. The molecule has 58 valence electrons. The van der Waals surface area contributed by atoms with Crippen LogP contribution in [0.1, 0.15) is 5.56 Å². The third-order valence-corrected chi connectivity index (χ3v) is 2.01. The summed E-state index contributed by atoms with van der Waals surface area (Å²) in [5.41, 5.74) is 1.42. The summed E-state index contributed by atoms with van der Waals surface area (Å²) in [5.74, 6) is 0. The highest BCUT2D eigenvalue weighted by molar-refractivity contribution is 9.10. The highest BCUT2D eigenvalue weighted by atomic mass is 79.9. The first-order chi connectivity index (χ1) is 5.11. The molecule has 11 heavy (non-hydrogen) atoms. The molecular weight excluding hydrogens is 207 g/mol. The molecule has 1 aromatic carbocycles. The van der Waals surface area contributed by atoms with Crippen LogP contribution in [-0.2, 0) is 0 Å². The lowest BCUT2D eigenvalue weighted by atomic mass is 9.77. The quantitative estimate of drug-likeness (QED) is 0.667. The van der Waals surface area contributed by atoms with Crippen molar-refractivity contribution >= 4 is 28.5 Å². The lowest BCUT2D eigenvalue weighted by molar-refractivity contribution is 0.425. The molecule has 0 bridgehead atoms. The first-order valence-corrected chi connectivity index (χ1v) is 4.03. The number of aryl methyl sites for hydroxylation is 1. The summed E-state index contributed by atoms with van der Waals surface area (Å²) in [7, 11) is -1.38. The fourth-order valence-corrected chi connectivity index (χ4v) is 1.27. The predicted octanol–water partition coefficient (Wildman–Crippen LogP) is 0.437. The van der Waals surface area contributed by atoms with Gasteiger partial charge in [0, 0.05) is 4.47 Å². The van der Waals surface area contributed by atoms with E-state index in [9.17, 15) is 0 Å². The van der Waals surface area contributed by atoms with Crippen LogP contribution >= 0.6 is 15.9 Å². The van der Waals surface area contributed by atoms with Gasteiger partial charge < -0.3 is 10.0 Å². The molecule has 1 aromatic rings. The van der Waals surface area contributed by atoms with Crippen LogP contribution in [0.5, 0.6) is 0 Å². The fraction of sp³-hybridized carbons (Fsp3) is 0.143. The molecule has 0 heterocycles. The van der Waals surface area contributed by atoms with Crippen molar-refractivity contribution in [3.05, 3.63) is 28.2 Å². The topological polar surface area (TPSA) is 40.5 Å². The molecule has 0 atom stereocenters. The van der Waals surface area contributed by atoms with Crippen molar-refractivity contribution in [2.24, 2.45) is 0 Å². The van der Waals surface area contributed by atoms with Crippen molar-refractivity contribution in [2.75, 3.05) is 0 Å². The van der Waals surface area contributed by atoms with Gasteiger partial charge in [-0.25, -0.2) is 0 Å². The van der Waals surface area contributed by atoms with Gasteiger partial charge in [-0.3, -0.25) is 0 Å². The van der Waals surface area contributed by atoms with E-state index in [1.54, 1.807) is 6.07 Å². The zero-order valence-corrected chi connectivity index (χ0v) is 7.67. The van der Waals surface area contributed by atoms with Crippen molar-refractivity contribution < 1.29 is 10.0 Å². The van der Waals surface area contributed by atoms with Crippen molar-refractivity contribution in [2.45, 2.75) is 6.92 Å². The van der Waals surface area contributed by atoms with Gasteiger partial charge in [0.25, 0.3) is 0 Å². The lowest BCUT2D eigenvalue weighted by Crippen LogP contribution is -2.31. The van der Waals surface area contributed by atoms with Gasteiger partial charge in [0.2, 0.25) is 0 Å². The van der Waals surface area contributed by atoms with E-state index in [0.29, 0.717) is 5.46 Å². The molecular formula is C7H8BBrO2. The lowest BCUT2D eigenvalue weighted by Gasteiger charge is -2.03. The van der Waals surface area contributed by atoms with E-state index in [0.717, 1.165) is 10.0 Å². The summed E-state index contributed by atoms with van der Waals surface area (Å²) >= 11 is 3.24. The third-order valence-electron chi connectivity index (χ3n) is 1.52.